The van der Waals surface area contributed by atoms with E-state index in [1.807, 2.05) is 19.9 Å². The van der Waals surface area contributed by atoms with Crippen molar-refractivity contribution >= 4 is 5.78 Å². The van der Waals surface area contributed by atoms with Gasteiger partial charge in [-0.3, -0.25) is 4.79 Å². The molecule has 6 atom stereocenters. The fourth-order valence-electron chi connectivity index (χ4n) is 6.69. The number of fused-ring (bicyclic) bond motifs is 5. The minimum absolute atomic E-state index is 0.208. The fraction of sp³-hybridized carbons (Fsp3) is 0.857. The monoisotopic (exact) mass is 332 g/mol. The first kappa shape index (κ1) is 18.0. The predicted molar refractivity (Wildman–Crippen MR) is 99.4 cm³/mol. The van der Waals surface area contributed by atoms with Crippen molar-refractivity contribution in [1.29, 1.82) is 0 Å². The molecule has 0 aromatic rings. The Kier molecular flexibility index (Phi) is 4.61. The predicted octanol–water partition coefficient (Wildman–Crippen LogP) is 3.98. The van der Waals surface area contributed by atoms with Gasteiger partial charge >= 0.3 is 0 Å². The lowest BCUT2D eigenvalue weighted by Crippen LogP contribution is -2.56. The van der Waals surface area contributed by atoms with Crippen LogP contribution in [0.1, 0.15) is 66.2 Å². The third-order valence-electron chi connectivity index (χ3n) is 7.73. The largest absolute Gasteiger partial charge is 0.377 e. The molecule has 0 radical (unpaired) electrons. The van der Waals surface area contributed by atoms with Crippen LogP contribution in [-0.2, 0) is 4.79 Å². The lowest BCUT2D eigenvalue weighted by Gasteiger charge is -2.59. The summed E-state index contributed by atoms with van der Waals surface area (Å²) in [7, 11) is 2.19. The zero-order valence-corrected chi connectivity index (χ0v) is 16.3. The molecule has 1 saturated heterocycles. The summed E-state index contributed by atoms with van der Waals surface area (Å²) < 4.78 is 0. The number of hydrogen-bond acceptors (Lipinski definition) is 3. The summed E-state index contributed by atoms with van der Waals surface area (Å²) >= 11 is 0. The number of rotatable bonds is 0. The van der Waals surface area contributed by atoms with Crippen LogP contribution in [0.2, 0.25) is 0 Å². The third-order valence-corrected chi connectivity index (χ3v) is 7.73. The van der Waals surface area contributed by atoms with Crippen LogP contribution in [-0.4, -0.2) is 30.3 Å². The average molecular weight is 333 g/mol. The number of carbonyl (C=O) groups is 1. The van der Waals surface area contributed by atoms with E-state index in [1.54, 1.807) is 0 Å². The minimum Gasteiger partial charge on any atom is -0.377 e. The molecule has 2 saturated carbocycles. The van der Waals surface area contributed by atoms with Gasteiger partial charge in [0.2, 0.25) is 0 Å². The quantitative estimate of drug-likeness (QED) is 0.730. The lowest BCUT2D eigenvalue weighted by atomic mass is 9.50. The van der Waals surface area contributed by atoms with Gasteiger partial charge in [0.25, 0.3) is 0 Å². The van der Waals surface area contributed by atoms with Crippen molar-refractivity contribution < 1.29 is 4.79 Å². The second-order valence-electron chi connectivity index (χ2n) is 9.06. The number of nitrogens with two attached hydrogens (primary N) is 1. The molecule has 0 amide bonds. The molecule has 3 fully saturated rings. The first-order valence-electron chi connectivity index (χ1n) is 10.1. The van der Waals surface area contributed by atoms with Gasteiger partial charge in [-0.05, 0) is 55.3 Å². The summed E-state index contributed by atoms with van der Waals surface area (Å²) in [4.78, 5) is 14.3. The van der Waals surface area contributed by atoms with Gasteiger partial charge in [0.05, 0.1) is 0 Å². The Labute approximate surface area is 148 Å². The molecule has 0 spiro atoms. The van der Waals surface area contributed by atoms with Gasteiger partial charge in [-0.2, -0.15) is 0 Å². The van der Waals surface area contributed by atoms with Gasteiger partial charge < -0.3 is 10.6 Å². The van der Waals surface area contributed by atoms with Gasteiger partial charge in [-0.15, -0.1) is 0 Å². The molecule has 0 aromatic carbocycles. The van der Waals surface area contributed by atoms with Gasteiger partial charge in [-0.25, -0.2) is 0 Å². The van der Waals surface area contributed by atoms with Gasteiger partial charge in [0.15, 0.2) is 5.78 Å². The Morgan fingerprint density at radius 3 is 2.62 bits per heavy atom. The number of carbonyl (C=O) groups excluding carboxylic acids is 1. The maximum absolute atomic E-state index is 11.9. The summed E-state index contributed by atoms with van der Waals surface area (Å²) in [5, 5.41) is 0. The van der Waals surface area contributed by atoms with Crippen molar-refractivity contribution in [2.75, 3.05) is 13.6 Å². The molecule has 0 aromatic heterocycles. The summed E-state index contributed by atoms with van der Waals surface area (Å²) in [5.41, 5.74) is 8.33. The first-order valence-corrected chi connectivity index (χ1v) is 10.1. The number of hydrogen-bond donors (Lipinski definition) is 1. The standard InChI is InChI=1S/C19H30N2O.C2H6/c1-18-6-5-15-14(16(18)8-12(20)10-18)11-21(3)17-9-13(22)4-7-19(15,17)2;1-2/h9,12,14-16H,4-8,10-11,20H2,1-3H3;1-2H3/t12?,14?,15?,16?,18-,19-;/m1./s1. The van der Waals surface area contributed by atoms with Crippen molar-refractivity contribution in [3.05, 3.63) is 11.8 Å². The zero-order valence-electron chi connectivity index (χ0n) is 16.3. The van der Waals surface area contributed by atoms with E-state index in [9.17, 15) is 4.79 Å². The highest BCUT2D eigenvalue weighted by Crippen LogP contribution is 2.63. The highest BCUT2D eigenvalue weighted by molar-refractivity contribution is 5.91. The van der Waals surface area contributed by atoms with E-state index in [4.69, 9.17) is 5.73 Å². The molecule has 1 aliphatic heterocycles. The van der Waals surface area contributed by atoms with Crippen molar-refractivity contribution in [3.8, 4) is 0 Å². The van der Waals surface area contributed by atoms with E-state index in [0.29, 0.717) is 17.2 Å². The van der Waals surface area contributed by atoms with Crippen LogP contribution in [0.25, 0.3) is 0 Å². The molecule has 4 rings (SSSR count). The Hall–Kier alpha value is -0.830. The molecule has 0 bridgehead atoms. The Bertz CT molecular complexity index is 542. The molecule has 3 heteroatoms. The first-order chi connectivity index (χ1) is 11.3. The van der Waals surface area contributed by atoms with Crippen molar-refractivity contribution in [2.24, 2.45) is 34.3 Å². The summed E-state index contributed by atoms with van der Waals surface area (Å²) in [6.07, 6.45) is 8.79. The highest BCUT2D eigenvalue weighted by Gasteiger charge is 2.58. The molecule has 3 nitrogen and oxygen atoms in total. The van der Waals surface area contributed by atoms with Crippen LogP contribution in [0.3, 0.4) is 0 Å². The summed E-state index contributed by atoms with van der Waals surface area (Å²) in [5.74, 6) is 2.60. The second kappa shape index (κ2) is 6.16. The fourth-order valence-corrected chi connectivity index (χ4v) is 6.69. The summed E-state index contributed by atoms with van der Waals surface area (Å²) in [6, 6.07) is 0.400. The highest BCUT2D eigenvalue weighted by atomic mass is 16.1. The smallest absolute Gasteiger partial charge is 0.157 e. The molecule has 24 heavy (non-hydrogen) atoms. The van der Waals surface area contributed by atoms with E-state index in [1.165, 1.54) is 31.4 Å². The third kappa shape index (κ3) is 2.55. The minimum atomic E-state index is 0.208. The van der Waals surface area contributed by atoms with E-state index in [0.717, 1.165) is 37.1 Å². The van der Waals surface area contributed by atoms with Crippen LogP contribution >= 0.6 is 0 Å². The lowest BCUT2D eigenvalue weighted by molar-refractivity contribution is -0.118. The average Bonchev–Trinajstić information content (AvgIpc) is 2.86. The van der Waals surface area contributed by atoms with Gasteiger partial charge in [0.1, 0.15) is 0 Å². The Morgan fingerprint density at radius 2 is 1.92 bits per heavy atom. The number of ketones is 1. The maximum Gasteiger partial charge on any atom is 0.157 e. The molecule has 1 heterocycles. The molecule has 4 aliphatic rings. The Morgan fingerprint density at radius 1 is 1.21 bits per heavy atom. The van der Waals surface area contributed by atoms with Crippen molar-refractivity contribution in [3.63, 3.8) is 0 Å². The van der Waals surface area contributed by atoms with E-state index < -0.39 is 0 Å². The maximum atomic E-state index is 11.9. The van der Waals surface area contributed by atoms with Crippen LogP contribution in [0, 0.1) is 28.6 Å². The molecule has 4 unspecified atom stereocenters. The Balaban J connectivity index is 0.000000815. The van der Waals surface area contributed by atoms with Crippen LogP contribution < -0.4 is 5.73 Å². The molecule has 2 N–H and O–H groups in total. The number of piperidine rings is 1. The van der Waals surface area contributed by atoms with Gasteiger partial charge in [-0.1, -0.05) is 27.7 Å². The summed E-state index contributed by atoms with van der Waals surface area (Å²) in [6.45, 7) is 10.0. The molecule has 3 aliphatic carbocycles. The zero-order chi connectivity index (χ0) is 17.7. The van der Waals surface area contributed by atoms with Crippen LogP contribution in [0.5, 0.6) is 0 Å². The van der Waals surface area contributed by atoms with E-state index >= 15 is 0 Å². The van der Waals surface area contributed by atoms with Gasteiger partial charge in [0, 0.05) is 43.2 Å². The number of allylic oxidation sites excluding steroid dienone is 2. The molecule has 136 valence electrons. The molecular formula is C21H36N2O. The second-order valence-corrected chi connectivity index (χ2v) is 9.06. The van der Waals surface area contributed by atoms with E-state index in [-0.39, 0.29) is 5.41 Å². The SMILES string of the molecule is CC.CN1CC2C3CC(N)C[C@@]3(C)CCC2[C@@]2(C)CCC(=O)C=C12. The van der Waals surface area contributed by atoms with E-state index in [2.05, 4.69) is 25.8 Å². The number of nitrogens with zero attached hydrogens (tertiary/aromatic N) is 1. The topological polar surface area (TPSA) is 46.3 Å². The van der Waals surface area contributed by atoms with Crippen molar-refractivity contribution in [1.82, 2.24) is 4.90 Å². The van der Waals surface area contributed by atoms with Crippen molar-refractivity contribution in [2.45, 2.75) is 72.3 Å². The number of likely N-dealkylation sites (tertiary alicyclic amines) is 1. The van der Waals surface area contributed by atoms with Crippen LogP contribution in [0.15, 0.2) is 11.8 Å². The molecular weight excluding hydrogens is 296 g/mol. The van der Waals surface area contributed by atoms with Crippen LogP contribution in [0.4, 0.5) is 0 Å². The normalized spacial score (nSPS) is 47.0.